The Morgan fingerprint density at radius 3 is 0.931 bits per heavy atom. The molecule has 0 radical (unpaired) electrons. The van der Waals surface area contributed by atoms with E-state index in [-0.39, 0.29) is 22.3 Å². The number of rotatable bonds is 36. The molecule has 0 spiro atoms. The van der Waals surface area contributed by atoms with Crippen LogP contribution in [0.25, 0.3) is 24.3 Å². The second-order valence-electron chi connectivity index (χ2n) is 25.3. The van der Waals surface area contributed by atoms with Crippen LogP contribution in [0.5, 0.6) is 0 Å². The first-order valence-corrected chi connectivity index (χ1v) is 32.7. The summed E-state index contributed by atoms with van der Waals surface area (Å²) < 4.78 is 33.7. The van der Waals surface area contributed by atoms with E-state index in [0.717, 1.165) is 83.4 Å². The maximum atomic E-state index is 14.3. The van der Waals surface area contributed by atoms with E-state index < -0.39 is 87.0 Å². The van der Waals surface area contributed by atoms with Gasteiger partial charge < -0.3 is 48.4 Å². The van der Waals surface area contributed by atoms with Crippen LogP contribution in [0.15, 0.2) is 245 Å². The molecule has 522 valence electrons. The zero-order valence-corrected chi connectivity index (χ0v) is 58.9. The van der Waals surface area contributed by atoms with Gasteiger partial charge in [-0.2, -0.15) is 0 Å². The molecule has 7 aromatic rings. The molecule has 0 aromatic heterocycles. The lowest BCUT2D eigenvalue weighted by Gasteiger charge is -2.37. The lowest BCUT2D eigenvalue weighted by molar-refractivity contribution is -0.149. The molecule has 101 heavy (non-hydrogen) atoms. The summed E-state index contributed by atoms with van der Waals surface area (Å²) in [5, 5.41) is 2.67. The molecule has 17 nitrogen and oxygen atoms in total. The van der Waals surface area contributed by atoms with E-state index in [2.05, 4.69) is 213 Å². The first-order chi connectivity index (χ1) is 48.2. The Balaban J connectivity index is 1.29. The fourth-order valence-electron chi connectivity index (χ4n) is 10.2. The number of carbonyl (C=O) groups is 6. The summed E-state index contributed by atoms with van der Waals surface area (Å²) in [4.78, 5) is 86.2. The van der Waals surface area contributed by atoms with Crippen molar-refractivity contribution in [2.45, 2.75) is 78.8 Å². The smallest absolute Gasteiger partial charge is 0.411 e. The van der Waals surface area contributed by atoms with Crippen molar-refractivity contribution in [1.29, 1.82) is 0 Å². The maximum absolute atomic E-state index is 14.3. The molecule has 0 aliphatic carbocycles. The van der Waals surface area contributed by atoms with Gasteiger partial charge in [-0.1, -0.05) is 174 Å². The summed E-state index contributed by atoms with van der Waals surface area (Å²) in [7, 11) is 1.39. The van der Waals surface area contributed by atoms with Gasteiger partial charge in [0.2, 0.25) is 0 Å². The number of esters is 4. The molecule has 17 heteroatoms. The molecule has 0 fully saturated rings. The van der Waals surface area contributed by atoms with E-state index in [9.17, 15) is 28.8 Å². The molecule has 0 heterocycles. The zero-order valence-electron chi connectivity index (χ0n) is 58.9. The topological polar surface area (TPSA) is 183 Å². The van der Waals surface area contributed by atoms with Crippen molar-refractivity contribution in [2.24, 2.45) is 0 Å². The highest BCUT2D eigenvalue weighted by atomic mass is 16.6. The average Bonchev–Trinajstić information content (AvgIpc) is 0.799. The normalized spacial score (nSPS) is 10.9. The van der Waals surface area contributed by atoms with Crippen molar-refractivity contribution >= 4 is 77.4 Å². The Hall–Kier alpha value is -11.9. The highest BCUT2D eigenvalue weighted by molar-refractivity contribution is 5.88. The number of hydrogen-bond donors (Lipinski definition) is 1. The van der Waals surface area contributed by atoms with Crippen molar-refractivity contribution in [2.75, 3.05) is 61.6 Å². The fraction of sp³-hybridized carbons (Fsp3) is 0.226. The van der Waals surface area contributed by atoms with Gasteiger partial charge in [-0.05, 0) is 159 Å². The lowest BCUT2D eigenvalue weighted by atomic mass is 9.85. The van der Waals surface area contributed by atoms with Gasteiger partial charge in [-0.15, -0.1) is 0 Å². The average molecular weight is 1360 g/mol. The van der Waals surface area contributed by atoms with Gasteiger partial charge in [-0.25, -0.2) is 28.8 Å². The van der Waals surface area contributed by atoms with Gasteiger partial charge in [0.25, 0.3) is 0 Å². The Labute approximate surface area is 594 Å². The maximum Gasteiger partial charge on any atom is 0.411 e. The first-order valence-electron chi connectivity index (χ1n) is 32.7. The second-order valence-corrected chi connectivity index (χ2v) is 25.3. The third-order valence-corrected chi connectivity index (χ3v) is 16.6. The SMILES string of the molecule is C=Cc1ccc(CN(Cc2ccc(C=C)cc2)c2ccc([C+](c3ccc(N(COC(=O)NC(C)(COC(=O)C(=C)C)COC(=O)C(=C)C)COC(=O)N(C)C(C)(COC(=O)C(=C)C)COC(=O)C(=C)C)cc3)c3ccc(N(Cc4ccc(C=C)cc4)Cc4ccc(C=C)cc4)cc3)cc2)cc1. The van der Waals surface area contributed by atoms with Crippen molar-refractivity contribution < 1.29 is 57.2 Å². The predicted molar refractivity (Wildman–Crippen MR) is 402 cm³/mol. The highest BCUT2D eigenvalue weighted by Crippen LogP contribution is 2.36. The third-order valence-electron chi connectivity index (χ3n) is 16.6. The quantitative estimate of drug-likeness (QED) is 0.00977. The van der Waals surface area contributed by atoms with E-state index in [4.69, 9.17) is 28.4 Å². The molecule has 0 atom stereocenters. The highest BCUT2D eigenvalue weighted by Gasteiger charge is 2.38. The van der Waals surface area contributed by atoms with E-state index in [1.165, 1.54) is 53.5 Å². The first kappa shape index (κ1) is 76.5. The second kappa shape index (κ2) is 36.1. The van der Waals surface area contributed by atoms with Gasteiger partial charge in [0.1, 0.15) is 37.5 Å². The summed E-state index contributed by atoms with van der Waals surface area (Å²) in [5.74, 6) is -2.11. The minimum atomic E-state index is -1.54. The van der Waals surface area contributed by atoms with Gasteiger partial charge in [0.05, 0.1) is 28.3 Å². The van der Waals surface area contributed by atoms with Crippen LogP contribution in [-0.4, -0.2) is 99.0 Å². The zero-order chi connectivity index (χ0) is 73.4. The number of likely N-dealkylation sites (N-methyl/N-ethyl adjacent to an activating group) is 1. The molecule has 0 bridgehead atoms. The Morgan fingerprint density at radius 2 is 0.653 bits per heavy atom. The molecule has 7 aromatic carbocycles. The van der Waals surface area contributed by atoms with E-state index >= 15 is 0 Å². The number of ether oxygens (including phenoxy) is 6. The number of anilines is 3. The van der Waals surface area contributed by atoms with E-state index in [1.54, 1.807) is 12.1 Å². The standard InChI is InChI=1S/C84H89N5O12/c1-16-62-20-28-66(29-21-62)48-87(49-67-30-22-63(17-2)23-31-67)73-42-36-70(37-43-73)76(71-38-44-74(45-39-71)88(50-68-32-24-64(18-3)25-33-68)51-69-34-26-65(19-4)27-35-69)72-40-46-75(47-41-72)89(56-100-81(94)85-83(13,52-96-77(90)58(5)6)53-97-78(91)59(7)8)57-101-82(95)86(15)84(14,54-98-79(92)60(9)10)55-99-80(93)61(11)12/h16-47H,1-5,7,9,11,48-57H2,6,8,10,12-15H3/p+1. The van der Waals surface area contributed by atoms with Gasteiger partial charge in [-0.3, -0.25) is 4.90 Å². The number of amides is 2. The largest absolute Gasteiger partial charge is 0.460 e. The minimum absolute atomic E-state index is 0.0929. The minimum Gasteiger partial charge on any atom is -0.460 e. The van der Waals surface area contributed by atoms with Crippen molar-refractivity contribution in [3.8, 4) is 0 Å². The lowest BCUT2D eigenvalue weighted by Crippen LogP contribution is -2.55. The van der Waals surface area contributed by atoms with Crippen LogP contribution >= 0.6 is 0 Å². The Kier molecular flexibility index (Phi) is 27.4. The summed E-state index contributed by atoms with van der Waals surface area (Å²) in [6, 6.07) is 57.8. The van der Waals surface area contributed by atoms with Crippen molar-refractivity contribution in [1.82, 2.24) is 10.2 Å². The van der Waals surface area contributed by atoms with Gasteiger partial charge in [0, 0.05) is 66.9 Å². The number of nitrogens with zero attached hydrogens (tertiary/aromatic N) is 4. The summed E-state index contributed by atoms with van der Waals surface area (Å²) in [5.41, 5.74) is 10.9. The van der Waals surface area contributed by atoms with Gasteiger partial charge in [0.15, 0.2) is 13.5 Å². The van der Waals surface area contributed by atoms with Crippen LogP contribution in [0.3, 0.4) is 0 Å². The number of nitrogens with one attached hydrogen (secondary N) is 1. The van der Waals surface area contributed by atoms with Crippen LogP contribution in [0.4, 0.5) is 26.7 Å². The summed E-state index contributed by atoms with van der Waals surface area (Å²) in [6.07, 6.45) is 5.33. The third kappa shape index (κ3) is 22.3. The molecule has 0 saturated heterocycles. The molecule has 0 aliphatic heterocycles. The number of hydrogen-bond acceptors (Lipinski definition) is 15. The number of benzene rings is 7. The molecule has 2 amide bonds. The number of alkyl carbamates (subject to hydrolysis) is 1. The van der Waals surface area contributed by atoms with Crippen LogP contribution in [0.2, 0.25) is 0 Å². The van der Waals surface area contributed by atoms with Crippen LogP contribution in [0, 0.1) is 5.92 Å². The van der Waals surface area contributed by atoms with Crippen molar-refractivity contribution in [3.63, 3.8) is 0 Å². The summed E-state index contributed by atoms with van der Waals surface area (Å²) in [6.45, 7) is 38.8. The Bertz CT molecular complexity index is 3800. The molecule has 0 unspecified atom stereocenters. The monoisotopic (exact) mass is 1360 g/mol. The van der Waals surface area contributed by atoms with Crippen molar-refractivity contribution in [3.05, 3.63) is 312 Å². The molecule has 1 N–H and O–H groups in total. The molecule has 0 saturated carbocycles. The molecule has 7 rings (SSSR count). The Morgan fingerprint density at radius 1 is 0.386 bits per heavy atom. The van der Waals surface area contributed by atoms with Gasteiger partial charge >= 0.3 is 36.1 Å². The number of carbonyl (C=O) groups excluding carboxylic acids is 6. The predicted octanol–water partition coefficient (Wildman–Crippen LogP) is 16.2. The fourth-order valence-corrected chi connectivity index (χ4v) is 10.2. The molecule has 0 aliphatic rings. The molecular formula is C84H90N5O12+. The van der Waals surface area contributed by atoms with E-state index in [0.29, 0.717) is 31.9 Å². The summed E-state index contributed by atoms with van der Waals surface area (Å²) >= 11 is 0. The van der Waals surface area contributed by atoms with Crippen LogP contribution < -0.4 is 20.0 Å². The molecular weight excluding hydrogens is 1270 g/mol. The van der Waals surface area contributed by atoms with E-state index in [1.807, 2.05) is 36.4 Å². The van der Waals surface area contributed by atoms with Crippen LogP contribution in [0.1, 0.15) is 103 Å². The van der Waals surface area contributed by atoms with Crippen LogP contribution in [-0.2, 0) is 73.8 Å².